The quantitative estimate of drug-likeness (QED) is 0.138. The monoisotopic (exact) mass is 399 g/mol. The first-order valence-corrected chi connectivity index (χ1v) is 12.7. The molecule has 0 radical (unpaired) electrons. The molecule has 0 aliphatic carbocycles. The third-order valence-corrected chi connectivity index (χ3v) is 6.14. The lowest BCUT2D eigenvalue weighted by atomic mass is 10.1. The van der Waals surface area contributed by atoms with Gasteiger partial charge in [-0.15, -0.1) is 0 Å². The summed E-state index contributed by atoms with van der Waals surface area (Å²) in [4.78, 5) is 0. The molecule has 0 bridgehead atoms. The van der Waals surface area contributed by atoms with Crippen molar-refractivity contribution in [3.8, 4) is 0 Å². The summed E-state index contributed by atoms with van der Waals surface area (Å²) in [5.74, 6) is 0. The molecule has 0 aromatic carbocycles. The van der Waals surface area contributed by atoms with Crippen molar-refractivity contribution in [1.82, 2.24) is 5.32 Å². The van der Waals surface area contributed by atoms with Crippen LogP contribution in [0.2, 0.25) is 0 Å². The van der Waals surface area contributed by atoms with Crippen molar-refractivity contribution in [1.29, 1.82) is 0 Å². The predicted octanol–water partition coefficient (Wildman–Crippen LogP) is 6.19. The molecule has 3 nitrogen and oxygen atoms in total. The minimum absolute atomic E-state index is 1.12. The van der Waals surface area contributed by atoms with E-state index >= 15 is 0 Å². The molecule has 0 heterocycles. The summed E-state index contributed by atoms with van der Waals surface area (Å²) in [7, 11) is 9.58. The molecule has 0 saturated heterocycles. The van der Waals surface area contributed by atoms with Crippen LogP contribution >= 0.6 is 0 Å². The summed E-state index contributed by atoms with van der Waals surface area (Å²) in [5, 5.41) is 3.71. The van der Waals surface area contributed by atoms with Gasteiger partial charge < -0.3 is 8.97 Å². The van der Waals surface area contributed by atoms with Crippen molar-refractivity contribution in [2.75, 3.05) is 61.0 Å². The van der Waals surface area contributed by atoms with Crippen LogP contribution in [-0.4, -0.2) is 70.0 Å². The number of nitrogens with zero attached hydrogens (tertiary/aromatic N) is 2. The highest BCUT2D eigenvalue weighted by Crippen LogP contribution is 2.10. The SMILES string of the molecule is CCCCCCCC[N+](C)(C)CCCCNC[N+](C)(C)CCCCCCCC. The average Bonchev–Trinajstić information content (AvgIpc) is 2.64. The fourth-order valence-corrected chi connectivity index (χ4v) is 4.00. The Morgan fingerprint density at radius 1 is 0.464 bits per heavy atom. The van der Waals surface area contributed by atoms with Gasteiger partial charge in [0.25, 0.3) is 0 Å². The normalized spacial score (nSPS) is 12.6. The molecule has 0 unspecified atom stereocenters. The summed E-state index contributed by atoms with van der Waals surface area (Å²) < 4.78 is 2.32. The maximum Gasteiger partial charge on any atom is 0.132 e. The van der Waals surface area contributed by atoms with E-state index in [1.807, 2.05) is 0 Å². The third kappa shape index (κ3) is 19.2. The molecule has 0 aliphatic rings. The molecule has 0 amide bonds. The largest absolute Gasteiger partial charge is 0.328 e. The fraction of sp³-hybridized carbons (Fsp3) is 1.00. The molecule has 170 valence electrons. The number of unbranched alkanes of at least 4 members (excludes halogenated alkanes) is 11. The van der Waals surface area contributed by atoms with Crippen LogP contribution in [0.25, 0.3) is 0 Å². The summed E-state index contributed by atoms with van der Waals surface area (Å²) in [6, 6.07) is 0. The minimum Gasteiger partial charge on any atom is -0.328 e. The fourth-order valence-electron chi connectivity index (χ4n) is 4.00. The van der Waals surface area contributed by atoms with Gasteiger partial charge in [0, 0.05) is 6.54 Å². The van der Waals surface area contributed by atoms with Gasteiger partial charge in [-0.3, -0.25) is 5.32 Å². The number of nitrogens with one attached hydrogen (secondary N) is 1. The van der Waals surface area contributed by atoms with Crippen LogP contribution < -0.4 is 5.32 Å². The van der Waals surface area contributed by atoms with Crippen LogP contribution in [0.1, 0.15) is 104 Å². The van der Waals surface area contributed by atoms with E-state index in [0.29, 0.717) is 0 Å². The Bertz CT molecular complexity index is 294. The van der Waals surface area contributed by atoms with Gasteiger partial charge in [-0.25, -0.2) is 0 Å². The van der Waals surface area contributed by atoms with Crippen molar-refractivity contribution < 1.29 is 8.97 Å². The van der Waals surface area contributed by atoms with Crippen LogP contribution in [0.5, 0.6) is 0 Å². The summed E-state index contributed by atoms with van der Waals surface area (Å²) >= 11 is 0. The molecule has 0 aromatic heterocycles. The molecular weight excluding hydrogens is 342 g/mol. The number of quaternary nitrogens is 2. The number of hydrogen-bond donors (Lipinski definition) is 1. The molecule has 0 fully saturated rings. The van der Waals surface area contributed by atoms with Gasteiger partial charge in [0.05, 0.1) is 47.8 Å². The van der Waals surface area contributed by atoms with Crippen molar-refractivity contribution in [2.45, 2.75) is 104 Å². The van der Waals surface area contributed by atoms with Gasteiger partial charge in [-0.2, -0.15) is 0 Å². The highest BCUT2D eigenvalue weighted by Gasteiger charge is 2.15. The van der Waals surface area contributed by atoms with Crippen molar-refractivity contribution in [3.63, 3.8) is 0 Å². The average molecular weight is 400 g/mol. The van der Waals surface area contributed by atoms with Crippen LogP contribution in [0.3, 0.4) is 0 Å². The Morgan fingerprint density at radius 2 is 0.857 bits per heavy atom. The van der Waals surface area contributed by atoms with Gasteiger partial charge in [0.1, 0.15) is 6.67 Å². The number of hydrogen-bond acceptors (Lipinski definition) is 1. The van der Waals surface area contributed by atoms with Gasteiger partial charge in [0.15, 0.2) is 0 Å². The van der Waals surface area contributed by atoms with Gasteiger partial charge >= 0.3 is 0 Å². The van der Waals surface area contributed by atoms with Gasteiger partial charge in [-0.1, -0.05) is 65.2 Å². The molecule has 0 saturated carbocycles. The van der Waals surface area contributed by atoms with Gasteiger partial charge in [-0.05, 0) is 38.5 Å². The molecule has 3 heteroatoms. The smallest absolute Gasteiger partial charge is 0.132 e. The van der Waals surface area contributed by atoms with E-state index in [1.165, 1.54) is 121 Å². The first kappa shape index (κ1) is 27.9. The first-order chi connectivity index (χ1) is 13.3. The lowest BCUT2D eigenvalue weighted by Gasteiger charge is -2.31. The zero-order valence-electron chi connectivity index (χ0n) is 20.8. The number of rotatable bonds is 21. The zero-order chi connectivity index (χ0) is 21.1. The Morgan fingerprint density at radius 3 is 1.36 bits per heavy atom. The Labute approximate surface area is 179 Å². The summed E-state index contributed by atoms with van der Waals surface area (Å²) in [5.41, 5.74) is 0. The van der Waals surface area contributed by atoms with Crippen LogP contribution in [0, 0.1) is 0 Å². The summed E-state index contributed by atoms with van der Waals surface area (Å²) in [6.07, 6.45) is 19.5. The Hall–Kier alpha value is -0.120. The molecule has 1 N–H and O–H groups in total. The second kappa shape index (κ2) is 17.7. The highest BCUT2D eigenvalue weighted by molar-refractivity contribution is 4.48. The van der Waals surface area contributed by atoms with Crippen LogP contribution in [-0.2, 0) is 0 Å². The summed E-state index contributed by atoms with van der Waals surface area (Å²) in [6.45, 7) is 10.9. The molecule has 0 aromatic rings. The van der Waals surface area contributed by atoms with E-state index < -0.39 is 0 Å². The van der Waals surface area contributed by atoms with Crippen molar-refractivity contribution >= 4 is 0 Å². The van der Waals surface area contributed by atoms with Gasteiger partial charge in [0.2, 0.25) is 0 Å². The molecule has 28 heavy (non-hydrogen) atoms. The topological polar surface area (TPSA) is 12.0 Å². The highest BCUT2D eigenvalue weighted by atomic mass is 15.4. The molecule has 0 aliphatic heterocycles. The molecule has 0 spiro atoms. The van der Waals surface area contributed by atoms with Crippen molar-refractivity contribution in [3.05, 3.63) is 0 Å². The maximum atomic E-state index is 3.71. The van der Waals surface area contributed by atoms with Crippen LogP contribution in [0.15, 0.2) is 0 Å². The first-order valence-electron chi connectivity index (χ1n) is 12.7. The standard InChI is InChI=1S/C25H57N3/c1-7-9-11-13-15-18-22-27(3,4)23-20-17-21-26-25-28(5,6)24-19-16-14-12-10-8-2/h26H,7-25H2,1-6H3/q+2. The van der Waals surface area contributed by atoms with E-state index in [4.69, 9.17) is 0 Å². The van der Waals surface area contributed by atoms with Crippen molar-refractivity contribution in [2.24, 2.45) is 0 Å². The lowest BCUT2D eigenvalue weighted by Crippen LogP contribution is -2.47. The van der Waals surface area contributed by atoms with E-state index in [2.05, 4.69) is 47.4 Å². The Kier molecular flexibility index (Phi) is 17.6. The Balaban J connectivity index is 3.58. The molecular formula is C25H57N3+2. The lowest BCUT2D eigenvalue weighted by molar-refractivity contribution is -0.893. The van der Waals surface area contributed by atoms with E-state index in [1.54, 1.807) is 0 Å². The third-order valence-electron chi connectivity index (χ3n) is 6.14. The molecule has 0 rings (SSSR count). The second-order valence-electron chi connectivity index (χ2n) is 10.4. The maximum absolute atomic E-state index is 3.71. The van der Waals surface area contributed by atoms with E-state index in [0.717, 1.165) is 11.2 Å². The van der Waals surface area contributed by atoms with Crippen LogP contribution in [0.4, 0.5) is 0 Å². The van der Waals surface area contributed by atoms with E-state index in [9.17, 15) is 0 Å². The second-order valence-corrected chi connectivity index (χ2v) is 10.4. The zero-order valence-corrected chi connectivity index (χ0v) is 20.8. The predicted molar refractivity (Wildman–Crippen MR) is 128 cm³/mol. The molecule has 0 atom stereocenters. The minimum atomic E-state index is 1.12. The van der Waals surface area contributed by atoms with E-state index in [-0.39, 0.29) is 0 Å².